The number of nitrogens with two attached hydrogens (primary N) is 1. The first-order chi connectivity index (χ1) is 9.08. The quantitative estimate of drug-likeness (QED) is 0.827. The predicted molar refractivity (Wildman–Crippen MR) is 78.6 cm³/mol. The molecule has 0 bridgehead atoms. The van der Waals surface area contributed by atoms with Crippen LogP contribution < -0.4 is 15.2 Å². The molecule has 0 atom stereocenters. The summed E-state index contributed by atoms with van der Waals surface area (Å²) in [6.07, 6.45) is 0. The molecule has 0 heterocycles. The molecule has 0 radical (unpaired) electrons. The summed E-state index contributed by atoms with van der Waals surface area (Å²) in [6, 6.07) is 10.2. The first-order valence-electron chi connectivity index (χ1n) is 5.74. The zero-order chi connectivity index (χ0) is 13.8. The van der Waals surface area contributed by atoms with E-state index in [-0.39, 0.29) is 0 Å². The molecule has 0 saturated carbocycles. The lowest BCUT2D eigenvalue weighted by Gasteiger charge is -2.11. The summed E-state index contributed by atoms with van der Waals surface area (Å²) in [5.74, 6) is 1.67. The van der Waals surface area contributed by atoms with Gasteiger partial charge in [-0.15, -0.1) is 0 Å². The fourth-order valence-corrected chi connectivity index (χ4v) is 1.90. The van der Waals surface area contributed by atoms with Crippen molar-refractivity contribution in [3.05, 3.63) is 46.4 Å². The van der Waals surface area contributed by atoms with Crippen molar-refractivity contribution in [2.45, 2.75) is 6.92 Å². The van der Waals surface area contributed by atoms with Crippen molar-refractivity contribution in [3.63, 3.8) is 0 Å². The molecular formula is C14H13Cl2NO2. The van der Waals surface area contributed by atoms with Crippen molar-refractivity contribution in [1.29, 1.82) is 0 Å². The van der Waals surface area contributed by atoms with E-state index in [1.54, 1.807) is 36.4 Å². The second-order valence-corrected chi connectivity index (χ2v) is 4.69. The summed E-state index contributed by atoms with van der Waals surface area (Å²) < 4.78 is 11.1. The average molecular weight is 298 g/mol. The Morgan fingerprint density at radius 2 is 1.79 bits per heavy atom. The van der Waals surface area contributed by atoms with Crippen LogP contribution >= 0.6 is 23.2 Å². The van der Waals surface area contributed by atoms with Crippen molar-refractivity contribution < 1.29 is 9.47 Å². The number of benzene rings is 2. The largest absolute Gasteiger partial charge is 0.494 e. The fourth-order valence-electron chi connectivity index (χ4n) is 1.59. The Bertz CT molecular complexity index is 588. The molecule has 19 heavy (non-hydrogen) atoms. The molecule has 0 unspecified atom stereocenters. The van der Waals surface area contributed by atoms with Crippen molar-refractivity contribution in [2.75, 3.05) is 12.3 Å². The van der Waals surface area contributed by atoms with Gasteiger partial charge >= 0.3 is 0 Å². The summed E-state index contributed by atoms with van der Waals surface area (Å²) in [6.45, 7) is 2.46. The molecule has 0 aliphatic rings. The van der Waals surface area contributed by atoms with Gasteiger partial charge in [0, 0.05) is 35.0 Å². The molecule has 0 aliphatic carbocycles. The van der Waals surface area contributed by atoms with Crippen LogP contribution in [-0.4, -0.2) is 6.61 Å². The van der Waals surface area contributed by atoms with Gasteiger partial charge in [0.05, 0.1) is 11.6 Å². The first kappa shape index (κ1) is 13.8. The Balaban J connectivity index is 2.29. The van der Waals surface area contributed by atoms with E-state index in [0.717, 1.165) is 0 Å². The highest BCUT2D eigenvalue weighted by Gasteiger charge is 2.06. The minimum Gasteiger partial charge on any atom is -0.494 e. The maximum Gasteiger partial charge on any atom is 0.147 e. The molecule has 0 aromatic heterocycles. The van der Waals surface area contributed by atoms with E-state index >= 15 is 0 Å². The highest BCUT2D eigenvalue weighted by molar-refractivity contribution is 6.34. The number of hydrogen-bond donors (Lipinski definition) is 1. The molecule has 0 fully saturated rings. The third-order valence-electron chi connectivity index (χ3n) is 2.33. The third kappa shape index (κ3) is 3.69. The molecule has 100 valence electrons. The molecular weight excluding hydrogens is 285 g/mol. The van der Waals surface area contributed by atoms with Crippen molar-refractivity contribution in [2.24, 2.45) is 0 Å². The SMILES string of the molecule is CCOc1cc(N)cc(Oc2cc(Cl)ccc2Cl)c1. The van der Waals surface area contributed by atoms with Crippen molar-refractivity contribution in [1.82, 2.24) is 0 Å². The van der Waals surface area contributed by atoms with E-state index in [2.05, 4.69) is 0 Å². The maximum absolute atomic E-state index is 6.04. The number of nitrogen functional groups attached to an aromatic ring is 1. The highest BCUT2D eigenvalue weighted by Crippen LogP contribution is 2.34. The van der Waals surface area contributed by atoms with Crippen molar-refractivity contribution in [3.8, 4) is 17.2 Å². The van der Waals surface area contributed by atoms with Gasteiger partial charge in [-0.1, -0.05) is 23.2 Å². The second-order valence-electron chi connectivity index (χ2n) is 3.85. The predicted octanol–water partition coefficient (Wildman–Crippen LogP) is 4.77. The zero-order valence-corrected chi connectivity index (χ0v) is 11.8. The minimum atomic E-state index is 0.474. The van der Waals surface area contributed by atoms with Crippen LogP contribution in [0.15, 0.2) is 36.4 Å². The number of hydrogen-bond acceptors (Lipinski definition) is 3. The monoisotopic (exact) mass is 297 g/mol. The summed E-state index contributed by atoms with van der Waals surface area (Å²) in [5, 5.41) is 1.03. The summed E-state index contributed by atoms with van der Waals surface area (Å²) in [5.41, 5.74) is 6.35. The van der Waals surface area contributed by atoms with Crippen molar-refractivity contribution >= 4 is 28.9 Å². The van der Waals surface area contributed by atoms with Crippen LogP contribution in [0.25, 0.3) is 0 Å². The van der Waals surface area contributed by atoms with Gasteiger partial charge in [-0.3, -0.25) is 0 Å². The average Bonchev–Trinajstić information content (AvgIpc) is 2.33. The molecule has 3 nitrogen and oxygen atoms in total. The molecule has 2 aromatic carbocycles. The fraction of sp³-hybridized carbons (Fsp3) is 0.143. The third-order valence-corrected chi connectivity index (χ3v) is 2.88. The Morgan fingerprint density at radius 3 is 2.53 bits per heavy atom. The zero-order valence-electron chi connectivity index (χ0n) is 10.3. The lowest BCUT2D eigenvalue weighted by molar-refractivity contribution is 0.338. The van der Waals surface area contributed by atoms with Gasteiger partial charge in [0.15, 0.2) is 0 Å². The minimum absolute atomic E-state index is 0.474. The van der Waals surface area contributed by atoms with Gasteiger partial charge in [-0.25, -0.2) is 0 Å². The molecule has 0 saturated heterocycles. The number of ether oxygens (including phenoxy) is 2. The van der Waals surface area contributed by atoms with E-state index in [9.17, 15) is 0 Å². The van der Waals surface area contributed by atoms with Gasteiger partial charge in [-0.05, 0) is 19.1 Å². The van der Waals surface area contributed by atoms with Crippen LogP contribution in [0.2, 0.25) is 10.0 Å². The topological polar surface area (TPSA) is 44.5 Å². The Morgan fingerprint density at radius 1 is 1.05 bits per heavy atom. The van der Waals surface area contributed by atoms with E-state index in [1.807, 2.05) is 6.92 Å². The van der Waals surface area contributed by atoms with Crippen LogP contribution in [0.5, 0.6) is 17.2 Å². The summed E-state index contributed by atoms with van der Waals surface area (Å²) >= 11 is 11.9. The van der Waals surface area contributed by atoms with Gasteiger partial charge < -0.3 is 15.2 Å². The molecule has 2 aromatic rings. The van der Waals surface area contributed by atoms with Crippen LogP contribution in [0, 0.1) is 0 Å². The number of rotatable bonds is 4. The lowest BCUT2D eigenvalue weighted by atomic mass is 10.3. The number of halogens is 2. The van der Waals surface area contributed by atoms with Gasteiger partial charge in [0.25, 0.3) is 0 Å². The second kappa shape index (κ2) is 6.04. The van der Waals surface area contributed by atoms with Crippen LogP contribution in [0.3, 0.4) is 0 Å². The highest BCUT2D eigenvalue weighted by atomic mass is 35.5. The first-order valence-corrected chi connectivity index (χ1v) is 6.50. The smallest absolute Gasteiger partial charge is 0.147 e. The lowest BCUT2D eigenvalue weighted by Crippen LogP contribution is -1.95. The maximum atomic E-state index is 6.04. The van der Waals surface area contributed by atoms with Crippen LogP contribution in [0.4, 0.5) is 5.69 Å². The molecule has 2 N–H and O–H groups in total. The van der Waals surface area contributed by atoms with Gasteiger partial charge in [0.2, 0.25) is 0 Å². The molecule has 5 heteroatoms. The van der Waals surface area contributed by atoms with E-state index in [0.29, 0.717) is 39.6 Å². The Kier molecular flexibility index (Phi) is 4.40. The molecule has 0 aliphatic heterocycles. The standard InChI is InChI=1S/C14H13Cl2NO2/c1-2-18-11-6-10(17)7-12(8-11)19-14-5-9(15)3-4-13(14)16/h3-8H,2,17H2,1H3. The van der Waals surface area contributed by atoms with Gasteiger partial charge in [-0.2, -0.15) is 0 Å². The Labute approximate surface area is 121 Å². The molecule has 0 amide bonds. The Hall–Kier alpha value is -1.58. The van der Waals surface area contributed by atoms with E-state index < -0.39 is 0 Å². The van der Waals surface area contributed by atoms with E-state index in [1.165, 1.54) is 0 Å². The summed E-state index contributed by atoms with van der Waals surface area (Å²) in [4.78, 5) is 0. The van der Waals surface area contributed by atoms with E-state index in [4.69, 9.17) is 38.4 Å². The molecule has 0 spiro atoms. The normalized spacial score (nSPS) is 10.3. The van der Waals surface area contributed by atoms with Crippen LogP contribution in [0.1, 0.15) is 6.92 Å². The van der Waals surface area contributed by atoms with Crippen LogP contribution in [-0.2, 0) is 0 Å². The molecule has 2 rings (SSSR count). The van der Waals surface area contributed by atoms with Gasteiger partial charge in [0.1, 0.15) is 17.2 Å². The summed E-state index contributed by atoms with van der Waals surface area (Å²) in [7, 11) is 0. The number of anilines is 1.